The molecule has 1 aliphatic rings. The van der Waals surface area contributed by atoms with Crippen LogP contribution in [0, 0.1) is 5.92 Å². The zero-order valence-electron chi connectivity index (χ0n) is 17.5. The lowest BCUT2D eigenvalue weighted by atomic mass is 9.96. The van der Waals surface area contributed by atoms with Crippen LogP contribution in [0.4, 0.5) is 5.82 Å². The minimum atomic E-state index is -0.191. The molecule has 1 aromatic heterocycles. The zero-order chi connectivity index (χ0) is 21.6. The van der Waals surface area contributed by atoms with Crippen molar-refractivity contribution < 1.29 is 9.53 Å². The smallest absolute Gasteiger partial charge is 0.271 e. The molecule has 0 atom stereocenters. The molecule has 0 unspecified atom stereocenters. The van der Waals surface area contributed by atoms with Gasteiger partial charge in [-0.25, -0.2) is 0 Å². The first-order valence-corrected chi connectivity index (χ1v) is 10.5. The Hall–Kier alpha value is -3.61. The highest BCUT2D eigenvalue weighted by molar-refractivity contribution is 5.79. The van der Waals surface area contributed by atoms with Crippen LogP contribution in [0.15, 0.2) is 71.5 Å². The van der Waals surface area contributed by atoms with Crippen molar-refractivity contribution in [2.75, 3.05) is 25.1 Å². The van der Waals surface area contributed by atoms with E-state index in [1.54, 1.807) is 37.4 Å². The summed E-state index contributed by atoms with van der Waals surface area (Å²) in [5.41, 5.74) is 1.59. The minimum Gasteiger partial charge on any atom is -0.497 e. The van der Waals surface area contributed by atoms with Crippen molar-refractivity contribution in [3.8, 4) is 11.4 Å². The van der Waals surface area contributed by atoms with Crippen molar-refractivity contribution >= 4 is 11.7 Å². The lowest BCUT2D eigenvalue weighted by Gasteiger charge is -2.32. The number of hydrogen-bond donors (Lipinski definition) is 1. The van der Waals surface area contributed by atoms with E-state index in [1.165, 1.54) is 10.7 Å². The molecule has 1 aliphatic heterocycles. The maximum Gasteiger partial charge on any atom is 0.271 e. The number of amides is 1. The van der Waals surface area contributed by atoms with Crippen LogP contribution in [0.1, 0.15) is 18.4 Å². The van der Waals surface area contributed by atoms with Gasteiger partial charge in [-0.1, -0.05) is 30.3 Å². The molecule has 1 fully saturated rings. The first-order valence-electron chi connectivity index (χ1n) is 10.5. The summed E-state index contributed by atoms with van der Waals surface area (Å²) in [6.07, 6.45) is 1.51. The van der Waals surface area contributed by atoms with Gasteiger partial charge in [0.2, 0.25) is 5.91 Å². The number of nitrogens with one attached hydrogen (secondary N) is 1. The zero-order valence-corrected chi connectivity index (χ0v) is 17.5. The number of carbonyl (C=O) groups is 1. The highest BCUT2D eigenvalue weighted by Gasteiger charge is 2.25. The SMILES string of the molecule is COc1ccc(-n2nc(N3CCC(C(=O)NCc4ccccc4)CC3)ccc2=O)cc1. The number of benzene rings is 2. The summed E-state index contributed by atoms with van der Waals surface area (Å²) < 4.78 is 6.57. The van der Waals surface area contributed by atoms with Gasteiger partial charge in [-0.2, -0.15) is 4.68 Å². The molecule has 0 saturated carbocycles. The van der Waals surface area contributed by atoms with Crippen LogP contribution in [0.3, 0.4) is 0 Å². The Morgan fingerprint density at radius 3 is 2.42 bits per heavy atom. The molecule has 1 saturated heterocycles. The number of ether oxygens (including phenoxy) is 1. The Bertz CT molecular complexity index is 1070. The fourth-order valence-corrected chi connectivity index (χ4v) is 3.78. The number of piperidine rings is 1. The number of nitrogens with zero attached hydrogens (tertiary/aromatic N) is 3. The predicted molar refractivity (Wildman–Crippen MR) is 120 cm³/mol. The van der Waals surface area contributed by atoms with Crippen molar-refractivity contribution in [2.45, 2.75) is 19.4 Å². The van der Waals surface area contributed by atoms with Crippen LogP contribution in [0.25, 0.3) is 5.69 Å². The van der Waals surface area contributed by atoms with Crippen LogP contribution < -0.4 is 20.5 Å². The second-order valence-electron chi connectivity index (χ2n) is 7.60. The van der Waals surface area contributed by atoms with Crippen LogP contribution in [0.2, 0.25) is 0 Å². The molecule has 3 aromatic rings. The molecule has 31 heavy (non-hydrogen) atoms. The van der Waals surface area contributed by atoms with E-state index in [-0.39, 0.29) is 17.4 Å². The van der Waals surface area contributed by atoms with Gasteiger partial charge in [0.05, 0.1) is 12.8 Å². The number of carbonyl (C=O) groups excluding carboxylic acids is 1. The monoisotopic (exact) mass is 418 g/mol. The molecule has 1 amide bonds. The molecule has 0 aliphatic carbocycles. The predicted octanol–water partition coefficient (Wildman–Crippen LogP) is 2.77. The number of aromatic nitrogens is 2. The summed E-state index contributed by atoms with van der Waals surface area (Å²) in [5.74, 6) is 1.55. The third kappa shape index (κ3) is 4.94. The molecule has 7 heteroatoms. The van der Waals surface area contributed by atoms with Gasteiger partial charge < -0.3 is 15.0 Å². The Balaban J connectivity index is 1.38. The van der Waals surface area contributed by atoms with Gasteiger partial charge >= 0.3 is 0 Å². The van der Waals surface area contributed by atoms with E-state index >= 15 is 0 Å². The van der Waals surface area contributed by atoms with Crippen LogP contribution >= 0.6 is 0 Å². The van der Waals surface area contributed by atoms with Gasteiger partial charge in [0.1, 0.15) is 11.6 Å². The summed E-state index contributed by atoms with van der Waals surface area (Å²) in [7, 11) is 1.60. The summed E-state index contributed by atoms with van der Waals surface area (Å²) in [4.78, 5) is 27.0. The first-order chi connectivity index (χ1) is 15.1. The minimum absolute atomic E-state index is 0.00699. The van der Waals surface area contributed by atoms with E-state index in [1.807, 2.05) is 30.3 Å². The van der Waals surface area contributed by atoms with Crippen molar-refractivity contribution in [1.29, 1.82) is 0 Å². The van der Waals surface area contributed by atoms with E-state index in [9.17, 15) is 9.59 Å². The molecule has 2 heterocycles. The van der Waals surface area contributed by atoms with Gasteiger partial charge in [0, 0.05) is 31.6 Å². The molecule has 160 valence electrons. The first kappa shape index (κ1) is 20.7. The van der Waals surface area contributed by atoms with E-state index in [4.69, 9.17) is 4.74 Å². The fraction of sp³-hybridized carbons (Fsp3) is 0.292. The summed E-state index contributed by atoms with van der Waals surface area (Å²) in [5, 5.41) is 7.60. The molecule has 0 spiro atoms. The summed E-state index contributed by atoms with van der Waals surface area (Å²) >= 11 is 0. The van der Waals surface area contributed by atoms with Gasteiger partial charge in [-0.05, 0) is 48.7 Å². The normalized spacial score (nSPS) is 14.3. The Labute approximate surface area is 181 Å². The average molecular weight is 418 g/mol. The van der Waals surface area contributed by atoms with Gasteiger partial charge in [-0.15, -0.1) is 5.10 Å². The second-order valence-corrected chi connectivity index (χ2v) is 7.60. The molecule has 4 rings (SSSR count). The number of methoxy groups -OCH3 is 1. The Morgan fingerprint density at radius 2 is 1.74 bits per heavy atom. The molecular formula is C24H26N4O3. The van der Waals surface area contributed by atoms with Crippen molar-refractivity contribution in [3.63, 3.8) is 0 Å². The maximum atomic E-state index is 12.5. The quantitative estimate of drug-likeness (QED) is 0.666. The van der Waals surface area contributed by atoms with E-state index < -0.39 is 0 Å². The van der Waals surface area contributed by atoms with Crippen molar-refractivity contribution in [2.24, 2.45) is 5.92 Å². The molecule has 7 nitrogen and oxygen atoms in total. The lowest BCUT2D eigenvalue weighted by Crippen LogP contribution is -2.41. The Morgan fingerprint density at radius 1 is 1.03 bits per heavy atom. The lowest BCUT2D eigenvalue weighted by molar-refractivity contribution is -0.125. The largest absolute Gasteiger partial charge is 0.497 e. The maximum absolute atomic E-state index is 12.5. The molecular weight excluding hydrogens is 392 g/mol. The van der Waals surface area contributed by atoms with Crippen molar-refractivity contribution in [1.82, 2.24) is 15.1 Å². The molecule has 1 N–H and O–H groups in total. The van der Waals surface area contributed by atoms with Gasteiger partial charge in [-0.3, -0.25) is 9.59 Å². The molecule has 0 radical (unpaired) electrons. The third-order valence-electron chi connectivity index (χ3n) is 5.60. The highest BCUT2D eigenvalue weighted by atomic mass is 16.5. The average Bonchev–Trinajstić information content (AvgIpc) is 2.84. The van der Waals surface area contributed by atoms with Crippen LogP contribution in [-0.4, -0.2) is 35.9 Å². The van der Waals surface area contributed by atoms with Crippen molar-refractivity contribution in [3.05, 3.63) is 82.6 Å². The van der Waals surface area contributed by atoms with Gasteiger partial charge in [0.25, 0.3) is 5.56 Å². The van der Waals surface area contributed by atoms with Crippen LogP contribution in [0.5, 0.6) is 5.75 Å². The molecule has 0 bridgehead atoms. The number of anilines is 1. The third-order valence-corrected chi connectivity index (χ3v) is 5.60. The summed E-state index contributed by atoms with van der Waals surface area (Å²) in [6, 6.07) is 20.4. The fourth-order valence-electron chi connectivity index (χ4n) is 3.78. The van der Waals surface area contributed by atoms with E-state index in [2.05, 4.69) is 15.3 Å². The second kappa shape index (κ2) is 9.47. The topological polar surface area (TPSA) is 76.5 Å². The van der Waals surface area contributed by atoms with Crippen LogP contribution in [-0.2, 0) is 11.3 Å². The number of rotatable bonds is 6. The van der Waals surface area contributed by atoms with Gasteiger partial charge in [0.15, 0.2) is 0 Å². The van der Waals surface area contributed by atoms with E-state index in [0.717, 1.165) is 43.1 Å². The number of hydrogen-bond acceptors (Lipinski definition) is 5. The Kier molecular flexibility index (Phi) is 6.31. The summed E-state index contributed by atoms with van der Waals surface area (Å²) in [6.45, 7) is 1.99. The highest BCUT2D eigenvalue weighted by Crippen LogP contribution is 2.22. The van der Waals surface area contributed by atoms with E-state index in [0.29, 0.717) is 12.2 Å². The molecule has 2 aromatic carbocycles. The standard InChI is InChI=1S/C24H26N4O3/c1-31-21-9-7-20(8-10-21)28-23(29)12-11-22(26-28)27-15-13-19(14-16-27)24(30)25-17-18-5-3-2-4-6-18/h2-12,19H,13-17H2,1H3,(H,25,30).